The monoisotopic (exact) mass is 366 g/mol. The number of halogens is 3. The fourth-order valence-electron chi connectivity index (χ4n) is 1.50. The summed E-state index contributed by atoms with van der Waals surface area (Å²) >= 11 is 0.186. The highest BCUT2D eigenvalue weighted by Crippen LogP contribution is 2.33. The van der Waals surface area contributed by atoms with E-state index >= 15 is 0 Å². The summed E-state index contributed by atoms with van der Waals surface area (Å²) < 4.78 is 61.7. The predicted molar refractivity (Wildman–Crippen MR) is 77.8 cm³/mol. The summed E-state index contributed by atoms with van der Waals surface area (Å²) in [4.78, 5) is 12.0. The Morgan fingerprint density at radius 3 is 2.52 bits per heavy atom. The van der Waals surface area contributed by atoms with Gasteiger partial charge in [0.15, 0.2) is 0 Å². The summed E-state index contributed by atoms with van der Waals surface area (Å²) in [7, 11) is -3.52. The Kier molecular flexibility index (Phi) is 4.56. The van der Waals surface area contributed by atoms with Crippen LogP contribution in [0.15, 0.2) is 24.3 Å². The minimum Gasteiger partial charge on any atom is -0.296 e. The summed E-state index contributed by atoms with van der Waals surface area (Å²) in [5, 5.41) is 6.85. The molecule has 124 valence electrons. The van der Waals surface area contributed by atoms with E-state index in [4.69, 9.17) is 0 Å². The number of nitrogens with one attached hydrogen (secondary N) is 2. The minimum absolute atomic E-state index is 0.0439. The molecule has 2 N–H and O–H groups in total. The molecular weight excluding hydrogens is 357 g/mol. The van der Waals surface area contributed by atoms with Crippen molar-refractivity contribution in [2.24, 2.45) is 0 Å². The zero-order valence-electron chi connectivity index (χ0n) is 11.4. The SMILES string of the molecule is CS(=O)(=O)Nc1cccc(C(=O)Nc2nnc(C(F)(F)F)s2)c1. The van der Waals surface area contributed by atoms with Crippen molar-refractivity contribution in [1.82, 2.24) is 10.2 Å². The van der Waals surface area contributed by atoms with E-state index in [0.717, 1.165) is 6.26 Å². The van der Waals surface area contributed by atoms with Crippen molar-refractivity contribution in [3.8, 4) is 0 Å². The maximum Gasteiger partial charge on any atom is 0.445 e. The molecule has 7 nitrogen and oxygen atoms in total. The van der Waals surface area contributed by atoms with Gasteiger partial charge >= 0.3 is 6.18 Å². The van der Waals surface area contributed by atoms with Crippen LogP contribution >= 0.6 is 11.3 Å². The third-order valence-corrected chi connectivity index (χ3v) is 3.81. The number of carbonyl (C=O) groups is 1. The smallest absolute Gasteiger partial charge is 0.296 e. The molecule has 2 rings (SSSR count). The molecule has 0 saturated carbocycles. The second-order valence-corrected chi connectivity index (χ2v) is 7.05. The molecule has 2 aromatic rings. The number of benzene rings is 1. The van der Waals surface area contributed by atoms with Gasteiger partial charge in [0.25, 0.3) is 5.91 Å². The quantitative estimate of drug-likeness (QED) is 0.864. The van der Waals surface area contributed by atoms with E-state index < -0.39 is 27.1 Å². The largest absolute Gasteiger partial charge is 0.445 e. The maximum absolute atomic E-state index is 12.4. The van der Waals surface area contributed by atoms with Gasteiger partial charge in [0.2, 0.25) is 20.2 Å². The number of hydrogen-bond acceptors (Lipinski definition) is 6. The first-order valence-corrected chi connectivity index (χ1v) is 8.55. The van der Waals surface area contributed by atoms with Crippen molar-refractivity contribution in [2.75, 3.05) is 16.3 Å². The lowest BCUT2D eigenvalue weighted by atomic mass is 10.2. The molecule has 0 fully saturated rings. The zero-order valence-corrected chi connectivity index (χ0v) is 13.0. The number of amides is 1. The van der Waals surface area contributed by atoms with Gasteiger partial charge < -0.3 is 0 Å². The zero-order chi connectivity index (χ0) is 17.3. The highest BCUT2D eigenvalue weighted by atomic mass is 32.2. The van der Waals surface area contributed by atoms with Gasteiger partial charge in [-0.05, 0) is 18.2 Å². The lowest BCUT2D eigenvalue weighted by Crippen LogP contribution is -2.13. The van der Waals surface area contributed by atoms with Crippen molar-refractivity contribution < 1.29 is 26.4 Å². The van der Waals surface area contributed by atoms with Gasteiger partial charge in [-0.25, -0.2) is 8.42 Å². The van der Waals surface area contributed by atoms with Crippen LogP contribution in [-0.4, -0.2) is 30.8 Å². The van der Waals surface area contributed by atoms with Crippen molar-refractivity contribution in [3.63, 3.8) is 0 Å². The third kappa shape index (κ3) is 4.89. The molecule has 0 radical (unpaired) electrons. The van der Waals surface area contributed by atoms with Crippen molar-refractivity contribution >= 4 is 38.1 Å². The van der Waals surface area contributed by atoms with Crippen LogP contribution in [0.5, 0.6) is 0 Å². The molecule has 1 heterocycles. The molecule has 0 unspecified atom stereocenters. The third-order valence-electron chi connectivity index (χ3n) is 2.32. The van der Waals surface area contributed by atoms with Crippen LogP contribution in [-0.2, 0) is 16.2 Å². The maximum atomic E-state index is 12.4. The van der Waals surface area contributed by atoms with Gasteiger partial charge in [-0.2, -0.15) is 13.2 Å². The van der Waals surface area contributed by atoms with Gasteiger partial charge in [0.05, 0.1) is 6.26 Å². The summed E-state index contributed by atoms with van der Waals surface area (Å²) in [5.74, 6) is -0.743. The number of hydrogen-bond donors (Lipinski definition) is 2. The fourth-order valence-corrected chi connectivity index (χ4v) is 2.66. The number of aromatic nitrogens is 2. The number of rotatable bonds is 4. The molecule has 0 atom stereocenters. The van der Waals surface area contributed by atoms with Gasteiger partial charge in [0, 0.05) is 11.3 Å². The minimum atomic E-state index is -4.64. The summed E-state index contributed by atoms with van der Waals surface area (Å²) in [6, 6.07) is 5.45. The number of nitrogens with zero attached hydrogens (tertiary/aromatic N) is 2. The van der Waals surface area contributed by atoms with Crippen LogP contribution in [0.25, 0.3) is 0 Å². The molecule has 12 heteroatoms. The van der Waals surface area contributed by atoms with Gasteiger partial charge in [-0.1, -0.05) is 17.4 Å². The standard InChI is InChI=1S/C11H9F3N4O3S2/c1-23(20,21)18-7-4-2-3-6(5-7)8(19)15-10-17-16-9(22-10)11(12,13)14/h2-5,18H,1H3,(H,15,17,19). The summed E-state index contributed by atoms with van der Waals surface area (Å²) in [6.45, 7) is 0. The van der Waals surface area contributed by atoms with Crippen LogP contribution in [0, 0.1) is 0 Å². The van der Waals surface area contributed by atoms with E-state index in [9.17, 15) is 26.4 Å². The number of alkyl halides is 3. The first kappa shape index (κ1) is 17.1. The van der Waals surface area contributed by atoms with Crippen LogP contribution in [0.3, 0.4) is 0 Å². The summed E-state index contributed by atoms with van der Waals surface area (Å²) in [6.07, 6.45) is -3.69. The van der Waals surface area contributed by atoms with Gasteiger partial charge in [0.1, 0.15) is 0 Å². The number of carbonyl (C=O) groups excluding carboxylic acids is 1. The molecule has 23 heavy (non-hydrogen) atoms. The van der Waals surface area contributed by atoms with E-state index in [1.807, 2.05) is 0 Å². The van der Waals surface area contributed by atoms with Gasteiger partial charge in [-0.3, -0.25) is 14.8 Å². The topological polar surface area (TPSA) is 101 Å². The number of sulfonamides is 1. The average Bonchev–Trinajstić information content (AvgIpc) is 2.85. The van der Waals surface area contributed by atoms with Crippen LogP contribution in [0.1, 0.15) is 15.4 Å². The molecule has 0 aliphatic heterocycles. The Labute approximate surface area is 132 Å². The number of anilines is 2. The van der Waals surface area contributed by atoms with Crippen LogP contribution in [0.4, 0.5) is 24.0 Å². The molecule has 0 spiro atoms. The van der Waals surface area contributed by atoms with Gasteiger partial charge in [-0.15, -0.1) is 10.2 Å². The first-order valence-electron chi connectivity index (χ1n) is 5.84. The molecule has 1 aromatic heterocycles. The Balaban J connectivity index is 2.15. The van der Waals surface area contributed by atoms with E-state index in [0.29, 0.717) is 0 Å². The molecule has 0 bridgehead atoms. The lowest BCUT2D eigenvalue weighted by molar-refractivity contribution is -0.138. The predicted octanol–water partition coefficient (Wildman–Crippen LogP) is 2.18. The normalized spacial score (nSPS) is 12.0. The highest BCUT2D eigenvalue weighted by Gasteiger charge is 2.35. The van der Waals surface area contributed by atoms with Crippen LogP contribution < -0.4 is 10.0 Å². The average molecular weight is 366 g/mol. The molecule has 1 aromatic carbocycles. The molecule has 0 aliphatic carbocycles. The molecule has 0 saturated heterocycles. The highest BCUT2D eigenvalue weighted by molar-refractivity contribution is 7.92. The van der Waals surface area contributed by atoms with E-state index in [1.54, 1.807) is 0 Å². The Bertz CT molecular complexity index is 833. The fraction of sp³-hybridized carbons (Fsp3) is 0.182. The first-order chi connectivity index (χ1) is 10.5. The molecule has 1 amide bonds. The Hall–Kier alpha value is -2.21. The lowest BCUT2D eigenvalue weighted by Gasteiger charge is -2.06. The molecular formula is C11H9F3N4O3S2. The molecule has 0 aliphatic rings. The Morgan fingerprint density at radius 1 is 1.26 bits per heavy atom. The van der Waals surface area contributed by atoms with E-state index in [-0.39, 0.29) is 27.7 Å². The van der Waals surface area contributed by atoms with E-state index in [1.165, 1.54) is 24.3 Å². The summed E-state index contributed by atoms with van der Waals surface area (Å²) in [5.41, 5.74) is 0.191. The van der Waals surface area contributed by atoms with Crippen molar-refractivity contribution in [3.05, 3.63) is 34.8 Å². The Morgan fingerprint density at radius 2 is 1.96 bits per heavy atom. The van der Waals surface area contributed by atoms with Crippen molar-refractivity contribution in [1.29, 1.82) is 0 Å². The van der Waals surface area contributed by atoms with E-state index in [2.05, 4.69) is 20.2 Å². The van der Waals surface area contributed by atoms with Crippen molar-refractivity contribution in [2.45, 2.75) is 6.18 Å². The second-order valence-electron chi connectivity index (χ2n) is 4.32. The van der Waals surface area contributed by atoms with Crippen LogP contribution in [0.2, 0.25) is 0 Å². The second kappa shape index (κ2) is 6.12.